The van der Waals surface area contributed by atoms with E-state index in [4.69, 9.17) is 0 Å². The summed E-state index contributed by atoms with van der Waals surface area (Å²) < 4.78 is 26.4. The number of β-lactam (4-membered cyclic amide) rings is 1. The smallest absolute Gasteiger partial charge is 0.233 e. The molecular weight excluding hydrogens is 388 g/mol. The molecule has 2 aliphatic rings. The van der Waals surface area contributed by atoms with E-state index in [-0.39, 0.29) is 29.5 Å². The highest BCUT2D eigenvalue weighted by Gasteiger charge is 2.49. The maximum absolute atomic E-state index is 13.3. The fraction of sp³-hybridized carbons (Fsp3) is 0.292. The zero-order valence-corrected chi connectivity index (χ0v) is 16.3. The lowest BCUT2D eigenvalue weighted by molar-refractivity contribution is -0.129. The fourth-order valence-electron chi connectivity index (χ4n) is 4.13. The predicted octanol–water partition coefficient (Wildman–Crippen LogP) is 4.06. The van der Waals surface area contributed by atoms with Crippen LogP contribution in [0.25, 0.3) is 0 Å². The van der Waals surface area contributed by atoms with Crippen molar-refractivity contribution in [1.82, 2.24) is 0 Å². The minimum absolute atomic E-state index is 0.0849. The van der Waals surface area contributed by atoms with Gasteiger partial charge in [-0.1, -0.05) is 30.4 Å². The van der Waals surface area contributed by atoms with Crippen LogP contribution >= 0.6 is 0 Å². The van der Waals surface area contributed by atoms with Crippen molar-refractivity contribution in [2.24, 2.45) is 5.92 Å². The van der Waals surface area contributed by atoms with Gasteiger partial charge in [0.05, 0.1) is 24.2 Å². The van der Waals surface area contributed by atoms with Crippen LogP contribution in [0.3, 0.4) is 0 Å². The topological polar surface area (TPSA) is 60.8 Å². The van der Waals surface area contributed by atoms with E-state index in [1.807, 2.05) is 12.2 Å². The molecule has 2 aromatic rings. The third kappa shape index (κ3) is 4.06. The highest BCUT2D eigenvalue weighted by atomic mass is 19.1. The molecule has 1 aliphatic heterocycles. The number of carbonyl (C=O) groups excluding carboxylic acids is 1. The number of amides is 1. The van der Waals surface area contributed by atoms with Gasteiger partial charge in [-0.2, -0.15) is 0 Å². The average Bonchev–Trinajstić information content (AvgIpc) is 2.74. The Balaban J connectivity index is 1.52. The third-order valence-corrected chi connectivity index (χ3v) is 5.77. The normalized spacial score (nSPS) is 24.4. The third-order valence-electron chi connectivity index (χ3n) is 5.77. The Labute approximate surface area is 173 Å². The number of aliphatic hydroxyl groups excluding tert-OH is 2. The first-order valence-electron chi connectivity index (χ1n) is 10.0. The molecule has 0 aromatic heterocycles. The van der Waals surface area contributed by atoms with E-state index in [1.54, 1.807) is 35.2 Å². The number of benzene rings is 2. The van der Waals surface area contributed by atoms with Gasteiger partial charge in [0.25, 0.3) is 0 Å². The van der Waals surface area contributed by atoms with Gasteiger partial charge in [0, 0.05) is 5.69 Å². The van der Waals surface area contributed by atoms with Gasteiger partial charge in [-0.25, -0.2) is 8.78 Å². The van der Waals surface area contributed by atoms with Crippen molar-refractivity contribution in [2.45, 2.75) is 37.5 Å². The lowest BCUT2D eigenvalue weighted by Gasteiger charge is -2.48. The van der Waals surface area contributed by atoms with Crippen LogP contribution in [0.5, 0.6) is 0 Å². The second-order valence-corrected chi connectivity index (χ2v) is 7.75. The number of aliphatic hydroxyl groups is 2. The zero-order chi connectivity index (χ0) is 21.3. The molecule has 0 bridgehead atoms. The Morgan fingerprint density at radius 2 is 1.67 bits per heavy atom. The SMILES string of the molecule is O=C1[C@H](CC[C@H](O)c2ccc(F)cc2)[C@@H](C2=CCC(O)C=C2)N1c1ccc(F)cc1. The standard InChI is InChI=1S/C24H23F2NO3/c25-17-5-1-15(2-6-17)22(29)14-13-21-23(16-3-11-20(28)12-4-16)27(24(21)30)19-9-7-18(26)8-10-19/h1-11,20-23,28-29H,12-14H2/t20?,21-,22+,23-/m1/s1. The van der Waals surface area contributed by atoms with Crippen LogP contribution in [-0.2, 0) is 4.79 Å². The second kappa shape index (κ2) is 8.50. The molecule has 1 unspecified atom stereocenters. The van der Waals surface area contributed by atoms with Gasteiger partial charge in [-0.15, -0.1) is 0 Å². The van der Waals surface area contributed by atoms with Gasteiger partial charge in [-0.05, 0) is 66.8 Å². The zero-order valence-electron chi connectivity index (χ0n) is 16.3. The molecule has 1 aliphatic carbocycles. The van der Waals surface area contributed by atoms with E-state index < -0.39 is 12.2 Å². The van der Waals surface area contributed by atoms with Crippen molar-refractivity contribution in [1.29, 1.82) is 0 Å². The molecule has 1 heterocycles. The summed E-state index contributed by atoms with van der Waals surface area (Å²) in [6.07, 6.45) is 5.39. The van der Waals surface area contributed by atoms with Crippen LogP contribution < -0.4 is 4.90 Å². The van der Waals surface area contributed by atoms with Crippen LogP contribution in [0.1, 0.15) is 30.9 Å². The highest BCUT2D eigenvalue weighted by molar-refractivity contribution is 6.04. The summed E-state index contributed by atoms with van der Waals surface area (Å²) in [5.41, 5.74) is 2.14. The fourth-order valence-corrected chi connectivity index (χ4v) is 4.13. The Morgan fingerprint density at radius 3 is 2.27 bits per heavy atom. The molecule has 4 atom stereocenters. The maximum atomic E-state index is 13.3. The van der Waals surface area contributed by atoms with E-state index in [0.29, 0.717) is 30.5 Å². The Bertz CT molecular complexity index is 969. The molecule has 1 amide bonds. The monoisotopic (exact) mass is 411 g/mol. The first kappa shape index (κ1) is 20.4. The lowest BCUT2D eigenvalue weighted by Crippen LogP contribution is -2.62. The van der Waals surface area contributed by atoms with Gasteiger partial charge in [0.1, 0.15) is 11.6 Å². The summed E-state index contributed by atoms with van der Waals surface area (Å²) >= 11 is 0. The molecule has 4 rings (SSSR count). The van der Waals surface area contributed by atoms with Crippen molar-refractivity contribution in [2.75, 3.05) is 4.90 Å². The highest BCUT2D eigenvalue weighted by Crippen LogP contribution is 2.41. The predicted molar refractivity (Wildman–Crippen MR) is 110 cm³/mol. The largest absolute Gasteiger partial charge is 0.389 e. The number of halogens is 2. The molecular formula is C24H23F2NO3. The summed E-state index contributed by atoms with van der Waals surface area (Å²) in [4.78, 5) is 14.6. The van der Waals surface area contributed by atoms with Gasteiger partial charge >= 0.3 is 0 Å². The van der Waals surface area contributed by atoms with E-state index in [9.17, 15) is 23.8 Å². The van der Waals surface area contributed by atoms with Crippen LogP contribution in [0.15, 0.2) is 72.3 Å². The minimum atomic E-state index is -0.795. The molecule has 0 spiro atoms. The molecule has 1 fully saturated rings. The minimum Gasteiger partial charge on any atom is -0.389 e. The number of hydrogen-bond donors (Lipinski definition) is 2. The molecule has 30 heavy (non-hydrogen) atoms. The molecule has 0 radical (unpaired) electrons. The quantitative estimate of drug-likeness (QED) is 0.705. The van der Waals surface area contributed by atoms with Gasteiger partial charge in [0.15, 0.2) is 0 Å². The summed E-state index contributed by atoms with van der Waals surface area (Å²) in [5, 5.41) is 20.2. The molecule has 0 saturated carbocycles. The van der Waals surface area contributed by atoms with Crippen LogP contribution in [0.4, 0.5) is 14.5 Å². The van der Waals surface area contributed by atoms with Crippen LogP contribution in [-0.4, -0.2) is 28.3 Å². The molecule has 4 nitrogen and oxygen atoms in total. The van der Waals surface area contributed by atoms with Crippen LogP contribution in [0, 0.1) is 17.6 Å². The van der Waals surface area contributed by atoms with Crippen molar-refractivity contribution in [3.8, 4) is 0 Å². The van der Waals surface area contributed by atoms with E-state index in [0.717, 1.165) is 5.57 Å². The first-order valence-corrected chi connectivity index (χ1v) is 10.0. The Kier molecular flexibility index (Phi) is 5.79. The lowest BCUT2D eigenvalue weighted by atomic mass is 9.76. The number of nitrogens with zero attached hydrogens (tertiary/aromatic N) is 1. The summed E-state index contributed by atoms with van der Waals surface area (Å²) in [6, 6.07) is 11.2. The molecule has 156 valence electrons. The average molecular weight is 411 g/mol. The van der Waals surface area contributed by atoms with Crippen molar-refractivity contribution < 1.29 is 23.8 Å². The Morgan fingerprint density at radius 1 is 1.03 bits per heavy atom. The summed E-state index contributed by atoms with van der Waals surface area (Å²) in [5.74, 6) is -1.16. The summed E-state index contributed by atoms with van der Waals surface area (Å²) in [6.45, 7) is 0. The van der Waals surface area contributed by atoms with E-state index >= 15 is 0 Å². The van der Waals surface area contributed by atoms with Crippen molar-refractivity contribution in [3.05, 3.63) is 89.5 Å². The number of rotatable bonds is 6. The van der Waals surface area contributed by atoms with Gasteiger partial charge < -0.3 is 15.1 Å². The van der Waals surface area contributed by atoms with E-state index in [2.05, 4.69) is 0 Å². The van der Waals surface area contributed by atoms with Crippen molar-refractivity contribution >= 4 is 11.6 Å². The number of anilines is 1. The molecule has 6 heteroatoms. The first-order chi connectivity index (χ1) is 14.4. The number of carbonyl (C=O) groups is 1. The molecule has 1 saturated heterocycles. The Hall–Kier alpha value is -2.83. The second-order valence-electron chi connectivity index (χ2n) is 7.75. The number of hydrogen-bond acceptors (Lipinski definition) is 3. The maximum Gasteiger partial charge on any atom is 0.233 e. The molecule has 2 aromatic carbocycles. The van der Waals surface area contributed by atoms with E-state index in [1.165, 1.54) is 24.3 Å². The van der Waals surface area contributed by atoms with Crippen LogP contribution in [0.2, 0.25) is 0 Å². The van der Waals surface area contributed by atoms with Crippen molar-refractivity contribution in [3.63, 3.8) is 0 Å². The van der Waals surface area contributed by atoms with Gasteiger partial charge in [-0.3, -0.25) is 4.79 Å². The molecule has 2 N–H and O–H groups in total. The van der Waals surface area contributed by atoms with Gasteiger partial charge in [0.2, 0.25) is 5.91 Å². The summed E-state index contributed by atoms with van der Waals surface area (Å²) in [7, 11) is 0.